The van der Waals surface area contributed by atoms with Crippen molar-refractivity contribution in [3.8, 4) is 17.1 Å². The Balaban J connectivity index is 1.12. The van der Waals surface area contributed by atoms with Crippen LogP contribution in [0, 0.1) is 5.92 Å². The summed E-state index contributed by atoms with van der Waals surface area (Å²) in [5, 5.41) is 0. The van der Waals surface area contributed by atoms with E-state index in [9.17, 15) is 9.59 Å². The Morgan fingerprint density at radius 1 is 1.00 bits per heavy atom. The highest BCUT2D eigenvalue weighted by Gasteiger charge is 2.38. The van der Waals surface area contributed by atoms with Crippen molar-refractivity contribution in [2.75, 3.05) is 51.8 Å². The molecule has 0 saturated carbocycles. The Morgan fingerprint density at radius 3 is 2.45 bits per heavy atom. The summed E-state index contributed by atoms with van der Waals surface area (Å²) in [5.41, 5.74) is 5.21. The van der Waals surface area contributed by atoms with Gasteiger partial charge >= 0.3 is 0 Å². The number of ether oxygens (including phenoxy) is 2. The third kappa shape index (κ3) is 5.17. The summed E-state index contributed by atoms with van der Waals surface area (Å²) in [6.07, 6.45) is 3.60. The number of ketones is 2. The summed E-state index contributed by atoms with van der Waals surface area (Å²) in [6, 6.07) is 17.2. The molecule has 1 fully saturated rings. The molecule has 0 bridgehead atoms. The second-order valence-corrected chi connectivity index (χ2v) is 10.4. The number of anilines is 1. The number of benzene rings is 2. The molecule has 6 rings (SSSR count). The number of Topliss-reactive ketones (excluding diaryl/α,β-unsaturated/α-hetero) is 2. The number of fused-ring (bicyclic) bond motifs is 2. The van der Waals surface area contributed by atoms with Gasteiger partial charge in [-0.1, -0.05) is 36.4 Å². The minimum absolute atomic E-state index is 0.0657. The van der Waals surface area contributed by atoms with Gasteiger partial charge in [-0.05, 0) is 31.2 Å². The molecule has 0 N–H and O–H groups in total. The SMILES string of the molecule is CN(C)c1ccc(-c2cc3nccnc3c(OC[C@@H]3CN(CCC4C(=O)c5ccccc5C4=O)CCO3)n2)cc1. The zero-order chi connectivity index (χ0) is 27.6. The highest BCUT2D eigenvalue weighted by molar-refractivity contribution is 6.26. The fraction of sp³-hybridized carbons (Fsp3) is 0.323. The van der Waals surface area contributed by atoms with Crippen LogP contribution in [0.15, 0.2) is 67.0 Å². The molecule has 1 atom stereocenters. The molecule has 1 aliphatic carbocycles. The van der Waals surface area contributed by atoms with Crippen LogP contribution in [0.4, 0.5) is 5.69 Å². The number of rotatable bonds is 8. The molecule has 2 aromatic carbocycles. The van der Waals surface area contributed by atoms with Crippen LogP contribution in [0.3, 0.4) is 0 Å². The van der Waals surface area contributed by atoms with E-state index < -0.39 is 5.92 Å². The molecule has 3 heterocycles. The average molecular weight is 538 g/mol. The molecule has 0 radical (unpaired) electrons. The number of pyridine rings is 1. The fourth-order valence-corrected chi connectivity index (χ4v) is 5.36. The molecule has 40 heavy (non-hydrogen) atoms. The number of hydrogen-bond donors (Lipinski definition) is 0. The maximum atomic E-state index is 12.8. The van der Waals surface area contributed by atoms with Crippen LogP contribution in [0.1, 0.15) is 27.1 Å². The Morgan fingerprint density at radius 2 is 1.73 bits per heavy atom. The van der Waals surface area contributed by atoms with Gasteiger partial charge in [0.1, 0.15) is 12.7 Å². The highest BCUT2D eigenvalue weighted by atomic mass is 16.5. The van der Waals surface area contributed by atoms with Crippen molar-refractivity contribution in [3.05, 3.63) is 78.1 Å². The van der Waals surface area contributed by atoms with Gasteiger partial charge in [-0.25, -0.2) is 9.97 Å². The monoisotopic (exact) mass is 537 g/mol. The summed E-state index contributed by atoms with van der Waals surface area (Å²) in [7, 11) is 4.01. The van der Waals surface area contributed by atoms with Gasteiger partial charge in [0.2, 0.25) is 5.88 Å². The van der Waals surface area contributed by atoms with Crippen LogP contribution < -0.4 is 9.64 Å². The lowest BCUT2D eigenvalue weighted by Crippen LogP contribution is -2.45. The van der Waals surface area contributed by atoms with Crippen molar-refractivity contribution in [3.63, 3.8) is 0 Å². The van der Waals surface area contributed by atoms with Gasteiger partial charge in [-0.2, -0.15) is 0 Å². The summed E-state index contributed by atoms with van der Waals surface area (Å²) >= 11 is 0. The summed E-state index contributed by atoms with van der Waals surface area (Å²) < 4.78 is 12.2. The molecule has 2 aliphatic rings. The largest absolute Gasteiger partial charge is 0.473 e. The predicted molar refractivity (Wildman–Crippen MR) is 152 cm³/mol. The molecule has 2 aromatic heterocycles. The second-order valence-electron chi connectivity index (χ2n) is 10.4. The average Bonchev–Trinajstić information content (AvgIpc) is 3.23. The molecule has 0 spiro atoms. The molecular weight excluding hydrogens is 506 g/mol. The predicted octanol–water partition coefficient (Wildman–Crippen LogP) is 3.92. The van der Waals surface area contributed by atoms with Crippen molar-refractivity contribution in [2.24, 2.45) is 5.92 Å². The van der Waals surface area contributed by atoms with E-state index >= 15 is 0 Å². The van der Waals surface area contributed by atoms with E-state index in [1.165, 1.54) is 0 Å². The van der Waals surface area contributed by atoms with Crippen LogP contribution >= 0.6 is 0 Å². The number of nitrogens with zero attached hydrogens (tertiary/aromatic N) is 5. The van der Waals surface area contributed by atoms with Gasteiger partial charge in [-0.3, -0.25) is 19.5 Å². The zero-order valence-corrected chi connectivity index (χ0v) is 22.6. The van der Waals surface area contributed by atoms with Crippen LogP contribution in [0.25, 0.3) is 22.3 Å². The minimum Gasteiger partial charge on any atom is -0.473 e. The smallest absolute Gasteiger partial charge is 0.242 e. The van der Waals surface area contributed by atoms with E-state index in [1.807, 2.05) is 49.3 Å². The third-order valence-electron chi connectivity index (χ3n) is 7.56. The van der Waals surface area contributed by atoms with Crippen molar-refractivity contribution in [1.82, 2.24) is 19.9 Å². The normalized spacial score (nSPS) is 17.8. The number of hydrogen-bond acceptors (Lipinski definition) is 9. The maximum Gasteiger partial charge on any atom is 0.242 e. The Kier molecular flexibility index (Phi) is 7.23. The zero-order valence-electron chi connectivity index (χ0n) is 22.6. The van der Waals surface area contributed by atoms with E-state index in [0.717, 1.165) is 23.5 Å². The molecule has 9 nitrogen and oxygen atoms in total. The molecular formula is C31H31N5O4. The molecule has 4 aromatic rings. The lowest BCUT2D eigenvalue weighted by Gasteiger charge is -2.33. The van der Waals surface area contributed by atoms with E-state index in [4.69, 9.17) is 14.5 Å². The van der Waals surface area contributed by atoms with Crippen molar-refractivity contribution in [2.45, 2.75) is 12.5 Å². The van der Waals surface area contributed by atoms with Crippen LogP contribution in [0.2, 0.25) is 0 Å². The van der Waals surface area contributed by atoms with E-state index in [1.54, 1.807) is 36.7 Å². The van der Waals surface area contributed by atoms with E-state index in [-0.39, 0.29) is 17.7 Å². The molecule has 1 saturated heterocycles. The van der Waals surface area contributed by atoms with Crippen molar-refractivity contribution in [1.29, 1.82) is 0 Å². The first-order chi connectivity index (χ1) is 19.5. The molecule has 0 unspecified atom stereocenters. The number of carbonyl (C=O) groups is 2. The van der Waals surface area contributed by atoms with Crippen molar-refractivity contribution >= 4 is 28.3 Å². The van der Waals surface area contributed by atoms with Crippen LogP contribution in [-0.2, 0) is 4.74 Å². The van der Waals surface area contributed by atoms with E-state index in [0.29, 0.717) is 60.8 Å². The van der Waals surface area contributed by atoms with Gasteiger partial charge in [0.05, 0.1) is 23.7 Å². The Bertz CT molecular complexity index is 1520. The summed E-state index contributed by atoms with van der Waals surface area (Å²) in [5.74, 6) is -0.315. The second kappa shape index (κ2) is 11.1. The van der Waals surface area contributed by atoms with Gasteiger partial charge in [0.15, 0.2) is 17.1 Å². The number of morpholine rings is 1. The fourth-order valence-electron chi connectivity index (χ4n) is 5.36. The minimum atomic E-state index is -0.599. The van der Waals surface area contributed by atoms with Gasteiger partial charge in [-0.15, -0.1) is 0 Å². The molecule has 1 aliphatic heterocycles. The van der Waals surface area contributed by atoms with E-state index in [2.05, 4.69) is 14.9 Å². The standard InChI is InChI=1S/C31H31N5O4/c1-35(2)21-9-7-20(8-10-21)26-17-27-28(33-13-12-32-27)31(34-26)40-19-22-18-36(15-16-39-22)14-11-25-29(37)23-5-3-4-6-24(23)30(25)38/h3-10,12-13,17,22,25H,11,14-16,18-19H2,1-2H3/t22-/m0/s1. The number of aromatic nitrogens is 3. The van der Waals surface area contributed by atoms with Gasteiger partial charge < -0.3 is 14.4 Å². The molecule has 9 heteroatoms. The summed E-state index contributed by atoms with van der Waals surface area (Å²) in [4.78, 5) is 43.6. The first-order valence-electron chi connectivity index (χ1n) is 13.5. The van der Waals surface area contributed by atoms with Crippen molar-refractivity contribution < 1.29 is 19.1 Å². The Labute approximate surface area is 232 Å². The first kappa shape index (κ1) is 26.0. The lowest BCUT2D eigenvalue weighted by atomic mass is 9.99. The third-order valence-corrected chi connectivity index (χ3v) is 7.56. The van der Waals surface area contributed by atoms with Gasteiger partial charge in [0, 0.05) is 62.0 Å². The lowest BCUT2D eigenvalue weighted by molar-refractivity contribution is -0.0489. The molecule has 204 valence electrons. The highest BCUT2D eigenvalue weighted by Crippen LogP contribution is 2.30. The maximum absolute atomic E-state index is 12.8. The Hall–Kier alpha value is -4.21. The van der Waals surface area contributed by atoms with Crippen LogP contribution in [-0.4, -0.2) is 84.5 Å². The topological polar surface area (TPSA) is 97.8 Å². The number of carbonyl (C=O) groups excluding carboxylic acids is 2. The van der Waals surface area contributed by atoms with Crippen LogP contribution in [0.5, 0.6) is 5.88 Å². The first-order valence-corrected chi connectivity index (χ1v) is 13.5. The quantitative estimate of drug-likeness (QED) is 0.310. The van der Waals surface area contributed by atoms with Gasteiger partial charge in [0.25, 0.3) is 0 Å². The summed E-state index contributed by atoms with van der Waals surface area (Å²) in [6.45, 7) is 2.86. The molecule has 0 amide bonds.